The number of carbonyl (C=O) groups excluding carboxylic acids is 1. The summed E-state index contributed by atoms with van der Waals surface area (Å²) < 4.78 is 12.7. The van der Waals surface area contributed by atoms with Crippen molar-refractivity contribution in [2.45, 2.75) is 31.8 Å². The van der Waals surface area contributed by atoms with Crippen molar-refractivity contribution in [3.63, 3.8) is 0 Å². The standard InChI is InChI=1S/C21H23N5O3/c1-14(21(27)22-15-6-7-19-20(12-15)29-13-28-19)25-10-8-16(9-11-25)26-18-5-3-2-4-17(18)23-24-26/h2-7,12,14,16H,8-11,13H2,1H3,(H,22,27)/p+1/t14-/m1/s1. The SMILES string of the molecule is C[C@H](C(=O)Nc1ccc2c(c1)OCO2)[NH+]1CCC(n2nnc3ccccc32)CC1. The Morgan fingerprint density at radius 3 is 2.83 bits per heavy atom. The van der Waals surface area contributed by atoms with E-state index < -0.39 is 0 Å². The highest BCUT2D eigenvalue weighted by Crippen LogP contribution is 2.34. The zero-order valence-corrected chi connectivity index (χ0v) is 16.3. The van der Waals surface area contributed by atoms with Crippen LogP contribution in [0, 0.1) is 0 Å². The van der Waals surface area contributed by atoms with Gasteiger partial charge in [-0.1, -0.05) is 17.3 Å². The minimum atomic E-state index is -0.131. The number of hydrogen-bond acceptors (Lipinski definition) is 5. The smallest absolute Gasteiger partial charge is 0.282 e. The van der Waals surface area contributed by atoms with Crippen molar-refractivity contribution < 1.29 is 19.2 Å². The lowest BCUT2D eigenvalue weighted by Gasteiger charge is -2.32. The van der Waals surface area contributed by atoms with Gasteiger partial charge in [-0.25, -0.2) is 4.68 Å². The molecule has 8 nitrogen and oxygen atoms in total. The zero-order valence-electron chi connectivity index (χ0n) is 16.3. The summed E-state index contributed by atoms with van der Waals surface area (Å²) in [6, 6.07) is 13.7. The molecule has 2 aliphatic rings. The molecule has 0 saturated carbocycles. The van der Waals surface area contributed by atoms with E-state index in [1.54, 1.807) is 0 Å². The summed E-state index contributed by atoms with van der Waals surface area (Å²) in [4.78, 5) is 14.1. The molecule has 1 aromatic heterocycles. The summed E-state index contributed by atoms with van der Waals surface area (Å²) in [5.41, 5.74) is 2.74. The number of fused-ring (bicyclic) bond motifs is 2. The van der Waals surface area contributed by atoms with E-state index in [-0.39, 0.29) is 18.7 Å². The predicted octanol–water partition coefficient (Wildman–Crippen LogP) is 1.41. The first-order valence-corrected chi connectivity index (χ1v) is 10.0. The van der Waals surface area contributed by atoms with Crippen molar-refractivity contribution in [2.24, 2.45) is 0 Å². The molecule has 1 atom stereocenters. The van der Waals surface area contributed by atoms with Crippen LogP contribution in [-0.4, -0.2) is 46.8 Å². The Morgan fingerprint density at radius 2 is 1.97 bits per heavy atom. The fourth-order valence-corrected chi connectivity index (χ4v) is 4.22. The average Bonchev–Trinajstić information content (AvgIpc) is 3.40. The lowest BCUT2D eigenvalue weighted by molar-refractivity contribution is -0.919. The molecule has 1 fully saturated rings. The van der Waals surface area contributed by atoms with Crippen LogP contribution in [0.25, 0.3) is 11.0 Å². The first-order valence-electron chi connectivity index (χ1n) is 10.0. The first kappa shape index (κ1) is 17.9. The zero-order chi connectivity index (χ0) is 19.8. The Hall–Kier alpha value is -3.13. The average molecular weight is 394 g/mol. The number of nitrogens with one attached hydrogen (secondary N) is 2. The van der Waals surface area contributed by atoms with Gasteiger partial charge in [0.15, 0.2) is 17.5 Å². The molecule has 5 rings (SSSR count). The van der Waals surface area contributed by atoms with Gasteiger partial charge < -0.3 is 19.7 Å². The van der Waals surface area contributed by atoms with Gasteiger partial charge >= 0.3 is 0 Å². The Labute approximate surface area is 168 Å². The Kier molecular flexibility index (Phi) is 4.55. The molecule has 150 valence electrons. The second-order valence-corrected chi connectivity index (χ2v) is 7.69. The van der Waals surface area contributed by atoms with E-state index in [9.17, 15) is 4.79 Å². The molecular formula is C21H24N5O3+. The minimum Gasteiger partial charge on any atom is -0.454 e. The van der Waals surface area contributed by atoms with Crippen molar-refractivity contribution in [1.82, 2.24) is 15.0 Å². The van der Waals surface area contributed by atoms with E-state index in [0.717, 1.165) is 42.7 Å². The van der Waals surface area contributed by atoms with Gasteiger partial charge in [0.05, 0.1) is 24.6 Å². The molecule has 2 aliphatic heterocycles. The predicted molar refractivity (Wildman–Crippen MR) is 107 cm³/mol. The van der Waals surface area contributed by atoms with Crippen molar-refractivity contribution in [3.8, 4) is 11.5 Å². The number of rotatable bonds is 4. The van der Waals surface area contributed by atoms with Crippen LogP contribution in [0.4, 0.5) is 5.69 Å². The van der Waals surface area contributed by atoms with Gasteiger partial charge in [0.1, 0.15) is 5.52 Å². The molecule has 2 N–H and O–H groups in total. The van der Waals surface area contributed by atoms with E-state index >= 15 is 0 Å². The van der Waals surface area contributed by atoms with Crippen LogP contribution >= 0.6 is 0 Å². The third kappa shape index (κ3) is 3.40. The van der Waals surface area contributed by atoms with Crippen LogP contribution in [-0.2, 0) is 4.79 Å². The number of ether oxygens (including phenoxy) is 2. The molecule has 3 aromatic rings. The number of piperidine rings is 1. The molecule has 0 aliphatic carbocycles. The van der Waals surface area contributed by atoms with Crippen molar-refractivity contribution in [3.05, 3.63) is 42.5 Å². The van der Waals surface area contributed by atoms with E-state index in [2.05, 4.69) is 21.7 Å². The van der Waals surface area contributed by atoms with E-state index in [4.69, 9.17) is 9.47 Å². The highest BCUT2D eigenvalue weighted by atomic mass is 16.7. The second-order valence-electron chi connectivity index (χ2n) is 7.69. The Balaban J connectivity index is 1.20. The molecule has 0 unspecified atom stereocenters. The van der Waals surface area contributed by atoms with Gasteiger partial charge in [0.25, 0.3) is 5.91 Å². The molecule has 0 spiro atoms. The third-order valence-corrected chi connectivity index (χ3v) is 5.97. The largest absolute Gasteiger partial charge is 0.454 e. The van der Waals surface area contributed by atoms with Gasteiger partial charge in [-0.2, -0.15) is 0 Å². The van der Waals surface area contributed by atoms with Crippen LogP contribution in [0.5, 0.6) is 11.5 Å². The summed E-state index contributed by atoms with van der Waals surface area (Å²) in [6.45, 7) is 4.06. The van der Waals surface area contributed by atoms with Crippen molar-refractivity contribution in [2.75, 3.05) is 25.2 Å². The number of aromatic nitrogens is 3. The minimum absolute atomic E-state index is 0.0171. The van der Waals surface area contributed by atoms with Crippen LogP contribution in [0.3, 0.4) is 0 Å². The summed E-state index contributed by atoms with van der Waals surface area (Å²) >= 11 is 0. The van der Waals surface area contributed by atoms with Gasteiger partial charge in [-0.05, 0) is 31.2 Å². The van der Waals surface area contributed by atoms with Gasteiger partial charge in [0, 0.05) is 24.6 Å². The number of anilines is 1. The number of para-hydroxylation sites is 1. The molecule has 8 heteroatoms. The van der Waals surface area contributed by atoms with Crippen LogP contribution in [0.1, 0.15) is 25.8 Å². The van der Waals surface area contributed by atoms with Gasteiger partial charge in [0.2, 0.25) is 6.79 Å². The van der Waals surface area contributed by atoms with Crippen LogP contribution in [0.2, 0.25) is 0 Å². The number of amides is 1. The first-order chi connectivity index (χ1) is 14.2. The number of nitrogens with zero attached hydrogens (tertiary/aromatic N) is 3. The maximum Gasteiger partial charge on any atom is 0.282 e. The maximum atomic E-state index is 12.8. The normalized spacial score (nSPS) is 21.8. The highest BCUT2D eigenvalue weighted by Gasteiger charge is 2.32. The fraction of sp³-hybridized carbons (Fsp3) is 0.381. The van der Waals surface area contributed by atoms with E-state index in [0.29, 0.717) is 17.5 Å². The second kappa shape index (κ2) is 7.36. The fourth-order valence-electron chi connectivity index (χ4n) is 4.22. The summed E-state index contributed by atoms with van der Waals surface area (Å²) in [7, 11) is 0. The van der Waals surface area contributed by atoms with Gasteiger partial charge in [-0.15, -0.1) is 5.10 Å². The molecule has 1 amide bonds. The van der Waals surface area contributed by atoms with E-state index in [1.807, 2.05) is 48.0 Å². The maximum absolute atomic E-state index is 12.8. The number of carbonyl (C=O) groups is 1. The highest BCUT2D eigenvalue weighted by molar-refractivity contribution is 5.94. The van der Waals surface area contributed by atoms with Gasteiger partial charge in [-0.3, -0.25) is 4.79 Å². The third-order valence-electron chi connectivity index (χ3n) is 5.97. The molecule has 2 aromatic carbocycles. The molecule has 0 radical (unpaired) electrons. The number of hydrogen-bond donors (Lipinski definition) is 2. The number of benzene rings is 2. The van der Waals surface area contributed by atoms with Crippen molar-refractivity contribution in [1.29, 1.82) is 0 Å². The monoisotopic (exact) mass is 394 g/mol. The van der Waals surface area contributed by atoms with Crippen molar-refractivity contribution >= 4 is 22.6 Å². The van der Waals surface area contributed by atoms with Crippen LogP contribution < -0.4 is 19.7 Å². The lowest BCUT2D eigenvalue weighted by Crippen LogP contribution is -3.17. The topological polar surface area (TPSA) is 82.7 Å². The van der Waals surface area contributed by atoms with Crippen LogP contribution in [0.15, 0.2) is 42.5 Å². The Bertz CT molecular complexity index is 1040. The number of quaternary nitrogens is 1. The molecule has 29 heavy (non-hydrogen) atoms. The molecule has 3 heterocycles. The molecule has 1 saturated heterocycles. The molecular weight excluding hydrogens is 370 g/mol. The molecule has 0 bridgehead atoms. The number of likely N-dealkylation sites (tertiary alicyclic amines) is 1. The lowest BCUT2D eigenvalue weighted by atomic mass is 10.0. The Morgan fingerprint density at radius 1 is 1.17 bits per heavy atom. The summed E-state index contributed by atoms with van der Waals surface area (Å²) in [5.74, 6) is 1.40. The summed E-state index contributed by atoms with van der Waals surface area (Å²) in [5, 5.41) is 11.6. The van der Waals surface area contributed by atoms with E-state index in [1.165, 1.54) is 4.90 Å². The summed E-state index contributed by atoms with van der Waals surface area (Å²) in [6.07, 6.45) is 1.95. The quantitative estimate of drug-likeness (QED) is 0.699.